The summed E-state index contributed by atoms with van der Waals surface area (Å²) in [5, 5.41) is 4.39. The first-order valence-corrected chi connectivity index (χ1v) is 7.80. The monoisotopic (exact) mass is 350 g/mol. The van der Waals surface area contributed by atoms with E-state index in [0.29, 0.717) is 0 Å². The van der Waals surface area contributed by atoms with Crippen LogP contribution in [0.1, 0.15) is 0 Å². The third-order valence-corrected chi connectivity index (χ3v) is 4.15. The zero-order chi connectivity index (χ0) is 14.8. The summed E-state index contributed by atoms with van der Waals surface area (Å²) >= 11 is 3.44. The molecule has 0 aliphatic carbocycles. The summed E-state index contributed by atoms with van der Waals surface area (Å²) in [6.07, 6.45) is 1.99. The Kier molecular flexibility index (Phi) is 4.28. The van der Waals surface area contributed by atoms with Gasteiger partial charge < -0.3 is 20.7 Å². The molecule has 6 heteroatoms. The first-order chi connectivity index (χ1) is 10.1. The molecule has 5 nitrogen and oxygen atoms in total. The second-order valence-corrected chi connectivity index (χ2v) is 6.30. The number of nitrogens with one attached hydrogen (secondary N) is 1. The predicted octanol–water partition coefficient (Wildman–Crippen LogP) is 2.32. The molecule has 1 fully saturated rings. The van der Waals surface area contributed by atoms with E-state index in [1.165, 1.54) is 0 Å². The van der Waals surface area contributed by atoms with Crippen LogP contribution in [0.3, 0.4) is 0 Å². The molecule has 1 aromatic carbocycles. The molecule has 3 rings (SSSR count). The quantitative estimate of drug-likeness (QED) is 0.831. The Morgan fingerprint density at radius 3 is 3.19 bits per heavy atom. The van der Waals surface area contributed by atoms with Crippen LogP contribution in [0, 0.1) is 0 Å². The van der Waals surface area contributed by atoms with E-state index in [2.05, 4.69) is 38.2 Å². The summed E-state index contributed by atoms with van der Waals surface area (Å²) in [5.74, 6) is 0. The van der Waals surface area contributed by atoms with Gasteiger partial charge in [0.25, 0.3) is 0 Å². The van der Waals surface area contributed by atoms with E-state index in [0.717, 1.165) is 53.0 Å². The number of anilines is 2. The zero-order valence-corrected chi connectivity index (χ0v) is 13.6. The van der Waals surface area contributed by atoms with Crippen LogP contribution < -0.4 is 11.1 Å². The molecule has 0 bridgehead atoms. The van der Waals surface area contributed by atoms with Crippen molar-refractivity contribution in [2.45, 2.75) is 6.10 Å². The molecule has 1 atom stereocenters. The molecule has 1 aliphatic rings. The zero-order valence-electron chi connectivity index (χ0n) is 12.0. The largest absolute Gasteiger partial charge is 0.398 e. The van der Waals surface area contributed by atoms with E-state index in [1.807, 2.05) is 18.2 Å². The number of rotatable bonds is 3. The van der Waals surface area contributed by atoms with Gasteiger partial charge in [0, 0.05) is 41.4 Å². The third-order valence-electron chi connectivity index (χ3n) is 3.71. The van der Waals surface area contributed by atoms with Gasteiger partial charge in [0.05, 0.1) is 23.9 Å². The van der Waals surface area contributed by atoms with Gasteiger partial charge in [-0.2, -0.15) is 0 Å². The Morgan fingerprint density at radius 1 is 1.52 bits per heavy atom. The number of aromatic nitrogens is 1. The first kappa shape index (κ1) is 14.6. The molecule has 112 valence electrons. The number of fused-ring (bicyclic) bond motifs is 1. The summed E-state index contributed by atoms with van der Waals surface area (Å²) < 4.78 is 6.70. The van der Waals surface area contributed by atoms with Gasteiger partial charge in [-0.3, -0.25) is 4.98 Å². The number of pyridine rings is 1. The fourth-order valence-electron chi connectivity index (χ4n) is 2.57. The van der Waals surface area contributed by atoms with Crippen LogP contribution in [0.15, 0.2) is 28.9 Å². The third kappa shape index (κ3) is 3.28. The lowest BCUT2D eigenvalue weighted by Gasteiger charge is -2.30. The lowest BCUT2D eigenvalue weighted by molar-refractivity contribution is -0.0117. The van der Waals surface area contributed by atoms with Crippen LogP contribution in [0.4, 0.5) is 11.4 Å². The molecular formula is C15H19BrN4O. The van der Waals surface area contributed by atoms with Gasteiger partial charge in [-0.05, 0) is 41.2 Å². The minimum absolute atomic E-state index is 0.201. The molecule has 1 aliphatic heterocycles. The van der Waals surface area contributed by atoms with E-state index in [4.69, 9.17) is 10.5 Å². The van der Waals surface area contributed by atoms with Crippen molar-refractivity contribution in [3.05, 3.63) is 28.9 Å². The summed E-state index contributed by atoms with van der Waals surface area (Å²) in [6.45, 7) is 3.49. The molecule has 3 N–H and O–H groups in total. The van der Waals surface area contributed by atoms with Crippen molar-refractivity contribution in [1.29, 1.82) is 0 Å². The molecule has 2 heterocycles. The highest BCUT2D eigenvalue weighted by Gasteiger charge is 2.17. The standard InChI is InChI=1S/C15H19BrN4O/c1-20-4-5-21-11(9-20)8-18-14-3-2-13(17)12-6-10(16)7-19-15(12)14/h2-3,6-7,11,18H,4-5,8-9,17H2,1H3. The van der Waals surface area contributed by atoms with Crippen molar-refractivity contribution in [3.63, 3.8) is 0 Å². The number of nitrogens with two attached hydrogens (primary N) is 1. The minimum Gasteiger partial charge on any atom is -0.398 e. The number of nitrogens with zero attached hydrogens (tertiary/aromatic N) is 2. The Balaban J connectivity index is 1.79. The first-order valence-electron chi connectivity index (χ1n) is 7.01. The SMILES string of the molecule is CN1CCOC(CNc2ccc(N)c3cc(Br)cnc23)C1. The van der Waals surface area contributed by atoms with Gasteiger partial charge in [-0.25, -0.2) is 0 Å². The maximum atomic E-state index is 6.03. The van der Waals surface area contributed by atoms with Crippen molar-refractivity contribution in [2.24, 2.45) is 0 Å². The highest BCUT2D eigenvalue weighted by atomic mass is 79.9. The fraction of sp³-hybridized carbons (Fsp3) is 0.400. The van der Waals surface area contributed by atoms with Crippen LogP contribution in [-0.4, -0.2) is 49.3 Å². The van der Waals surface area contributed by atoms with Crippen molar-refractivity contribution in [3.8, 4) is 0 Å². The maximum Gasteiger partial charge on any atom is 0.0954 e. The van der Waals surface area contributed by atoms with Gasteiger partial charge in [0.2, 0.25) is 0 Å². The van der Waals surface area contributed by atoms with Gasteiger partial charge >= 0.3 is 0 Å². The number of benzene rings is 1. The summed E-state index contributed by atoms with van der Waals surface area (Å²) in [7, 11) is 2.12. The summed E-state index contributed by atoms with van der Waals surface area (Å²) in [4.78, 5) is 6.76. The van der Waals surface area contributed by atoms with E-state index in [-0.39, 0.29) is 6.10 Å². The van der Waals surface area contributed by atoms with E-state index >= 15 is 0 Å². The molecule has 21 heavy (non-hydrogen) atoms. The highest BCUT2D eigenvalue weighted by Crippen LogP contribution is 2.28. The van der Waals surface area contributed by atoms with Gasteiger partial charge in [-0.1, -0.05) is 0 Å². The number of halogens is 1. The molecule has 0 amide bonds. The maximum absolute atomic E-state index is 6.03. The molecule has 0 saturated carbocycles. The average Bonchev–Trinajstić information content (AvgIpc) is 2.47. The van der Waals surface area contributed by atoms with Crippen molar-refractivity contribution in [1.82, 2.24) is 9.88 Å². The van der Waals surface area contributed by atoms with Crippen LogP contribution in [0.5, 0.6) is 0 Å². The predicted molar refractivity (Wildman–Crippen MR) is 89.6 cm³/mol. The van der Waals surface area contributed by atoms with E-state index in [9.17, 15) is 0 Å². The number of nitrogen functional groups attached to an aromatic ring is 1. The highest BCUT2D eigenvalue weighted by molar-refractivity contribution is 9.10. The lowest BCUT2D eigenvalue weighted by Crippen LogP contribution is -2.43. The number of ether oxygens (including phenoxy) is 1. The van der Waals surface area contributed by atoms with Crippen molar-refractivity contribution < 1.29 is 4.74 Å². The Bertz CT molecular complexity index is 649. The van der Waals surface area contributed by atoms with Crippen molar-refractivity contribution >= 4 is 38.2 Å². The molecule has 1 saturated heterocycles. The van der Waals surface area contributed by atoms with Crippen LogP contribution >= 0.6 is 15.9 Å². The smallest absolute Gasteiger partial charge is 0.0954 e. The molecular weight excluding hydrogens is 332 g/mol. The van der Waals surface area contributed by atoms with Crippen LogP contribution in [0.2, 0.25) is 0 Å². The summed E-state index contributed by atoms with van der Waals surface area (Å²) in [6, 6.07) is 5.88. The van der Waals surface area contributed by atoms with Crippen LogP contribution in [0.25, 0.3) is 10.9 Å². The Hall–Kier alpha value is -1.37. The fourth-order valence-corrected chi connectivity index (χ4v) is 2.90. The lowest BCUT2D eigenvalue weighted by atomic mass is 10.1. The molecule has 1 unspecified atom stereocenters. The summed E-state index contributed by atoms with van der Waals surface area (Å²) in [5.41, 5.74) is 8.65. The van der Waals surface area contributed by atoms with Crippen molar-refractivity contribution in [2.75, 3.05) is 44.3 Å². The normalized spacial score (nSPS) is 19.8. The number of likely N-dealkylation sites (N-methyl/N-ethyl adjacent to an activating group) is 1. The molecule has 2 aromatic rings. The van der Waals surface area contributed by atoms with E-state index in [1.54, 1.807) is 6.20 Å². The van der Waals surface area contributed by atoms with Gasteiger partial charge in [0.15, 0.2) is 0 Å². The number of morpholine rings is 1. The minimum atomic E-state index is 0.201. The number of hydrogen-bond acceptors (Lipinski definition) is 5. The van der Waals surface area contributed by atoms with E-state index < -0.39 is 0 Å². The second-order valence-electron chi connectivity index (χ2n) is 5.39. The van der Waals surface area contributed by atoms with Crippen LogP contribution in [-0.2, 0) is 4.74 Å². The topological polar surface area (TPSA) is 63.4 Å². The average molecular weight is 351 g/mol. The molecule has 0 radical (unpaired) electrons. The van der Waals surface area contributed by atoms with Gasteiger partial charge in [-0.15, -0.1) is 0 Å². The molecule has 0 spiro atoms. The second kappa shape index (κ2) is 6.17. The Morgan fingerprint density at radius 2 is 2.38 bits per heavy atom. The molecule has 1 aromatic heterocycles. The van der Waals surface area contributed by atoms with Gasteiger partial charge in [0.1, 0.15) is 0 Å². The number of hydrogen-bond donors (Lipinski definition) is 2. The Labute approximate surface area is 132 Å².